The average Bonchev–Trinajstić information content (AvgIpc) is 2.92. The Kier molecular flexibility index (Phi) is 4.48. The molecule has 2 aromatic carbocycles. The van der Waals surface area contributed by atoms with Gasteiger partial charge in [-0.3, -0.25) is 0 Å². The van der Waals surface area contributed by atoms with E-state index in [2.05, 4.69) is 47.9 Å². The van der Waals surface area contributed by atoms with E-state index >= 15 is 0 Å². The van der Waals surface area contributed by atoms with Gasteiger partial charge in [0, 0.05) is 20.4 Å². The van der Waals surface area contributed by atoms with Crippen LogP contribution in [0.3, 0.4) is 0 Å². The van der Waals surface area contributed by atoms with Crippen LogP contribution in [0.25, 0.3) is 11.3 Å². The minimum Gasteiger partial charge on any atom is -0.342 e. The van der Waals surface area contributed by atoms with E-state index in [0.29, 0.717) is 0 Å². The zero-order valence-electron chi connectivity index (χ0n) is 10.9. The van der Waals surface area contributed by atoms with Gasteiger partial charge in [0.25, 0.3) is 0 Å². The van der Waals surface area contributed by atoms with Gasteiger partial charge in [0.15, 0.2) is 0 Å². The van der Waals surface area contributed by atoms with Crippen LogP contribution in [0, 0.1) is 0 Å². The number of H-pyrrole nitrogens is 1. The molecule has 0 atom stereocenters. The van der Waals surface area contributed by atoms with Crippen molar-refractivity contribution in [2.45, 2.75) is 6.42 Å². The zero-order chi connectivity index (χ0) is 14.8. The largest absolute Gasteiger partial charge is 0.342 e. The first kappa shape index (κ1) is 14.8. The van der Waals surface area contributed by atoms with E-state index in [1.807, 2.05) is 42.6 Å². The number of rotatable bonds is 3. The van der Waals surface area contributed by atoms with E-state index in [1.54, 1.807) is 0 Å². The summed E-state index contributed by atoms with van der Waals surface area (Å²) in [6, 6.07) is 13.8. The summed E-state index contributed by atoms with van der Waals surface area (Å²) in [6.45, 7) is 0. The Balaban J connectivity index is 1.85. The van der Waals surface area contributed by atoms with Crippen molar-refractivity contribution < 1.29 is 0 Å². The standard InChI is InChI=1S/C16H11Br2ClN2/c17-12-3-6-14(18)11(7-12)8-16-20-9-15(21-16)10-1-4-13(19)5-2-10/h1-7,9H,8H2,(H,20,21). The molecule has 0 saturated heterocycles. The van der Waals surface area contributed by atoms with Crippen LogP contribution in [-0.2, 0) is 6.42 Å². The summed E-state index contributed by atoms with van der Waals surface area (Å²) in [7, 11) is 0. The maximum atomic E-state index is 5.91. The minimum absolute atomic E-state index is 0.733. The highest BCUT2D eigenvalue weighted by molar-refractivity contribution is 9.11. The van der Waals surface area contributed by atoms with Gasteiger partial charge in [0.1, 0.15) is 5.82 Å². The van der Waals surface area contributed by atoms with E-state index in [-0.39, 0.29) is 0 Å². The molecule has 1 heterocycles. The topological polar surface area (TPSA) is 28.7 Å². The highest BCUT2D eigenvalue weighted by Crippen LogP contribution is 2.25. The lowest BCUT2D eigenvalue weighted by Gasteiger charge is -2.03. The van der Waals surface area contributed by atoms with Crippen LogP contribution < -0.4 is 0 Å². The number of nitrogens with one attached hydrogen (secondary N) is 1. The van der Waals surface area contributed by atoms with Crippen molar-refractivity contribution in [3.8, 4) is 11.3 Å². The number of aromatic nitrogens is 2. The van der Waals surface area contributed by atoms with Crippen LogP contribution in [0.1, 0.15) is 11.4 Å². The number of halogens is 3. The normalized spacial score (nSPS) is 10.8. The van der Waals surface area contributed by atoms with Gasteiger partial charge >= 0.3 is 0 Å². The fourth-order valence-corrected chi connectivity index (χ4v) is 3.01. The molecule has 2 nitrogen and oxygen atoms in total. The molecule has 1 N–H and O–H groups in total. The first-order valence-electron chi connectivity index (χ1n) is 6.35. The van der Waals surface area contributed by atoms with Crippen LogP contribution in [0.4, 0.5) is 0 Å². The minimum atomic E-state index is 0.733. The molecule has 3 aromatic rings. The molecule has 5 heteroatoms. The number of hydrogen-bond acceptors (Lipinski definition) is 1. The Morgan fingerprint density at radius 3 is 2.57 bits per heavy atom. The molecule has 0 saturated carbocycles. The monoisotopic (exact) mass is 424 g/mol. The van der Waals surface area contributed by atoms with Crippen molar-refractivity contribution >= 4 is 43.5 Å². The van der Waals surface area contributed by atoms with Gasteiger partial charge in [-0.15, -0.1) is 0 Å². The second kappa shape index (κ2) is 6.34. The predicted octanol–water partition coefficient (Wildman–Crippen LogP) is 5.85. The molecular weight excluding hydrogens is 415 g/mol. The second-order valence-electron chi connectivity index (χ2n) is 4.66. The SMILES string of the molecule is Clc1ccc(-c2cnc(Cc3cc(Br)ccc3Br)[nH]2)cc1. The molecule has 0 bridgehead atoms. The number of hydrogen-bond donors (Lipinski definition) is 1. The van der Waals surface area contributed by atoms with Gasteiger partial charge in [-0.2, -0.15) is 0 Å². The van der Waals surface area contributed by atoms with E-state index in [4.69, 9.17) is 11.6 Å². The van der Waals surface area contributed by atoms with Crippen LogP contribution in [0.2, 0.25) is 5.02 Å². The van der Waals surface area contributed by atoms with E-state index < -0.39 is 0 Å². The van der Waals surface area contributed by atoms with E-state index in [0.717, 1.165) is 37.5 Å². The molecule has 106 valence electrons. The van der Waals surface area contributed by atoms with Gasteiger partial charge < -0.3 is 4.98 Å². The predicted molar refractivity (Wildman–Crippen MR) is 93.7 cm³/mol. The maximum Gasteiger partial charge on any atom is 0.110 e. The number of benzene rings is 2. The highest BCUT2D eigenvalue weighted by Gasteiger charge is 2.07. The lowest BCUT2D eigenvalue weighted by atomic mass is 10.1. The maximum absolute atomic E-state index is 5.91. The molecule has 0 spiro atoms. The quantitative estimate of drug-likeness (QED) is 0.560. The Hall–Kier alpha value is -1.10. The highest BCUT2D eigenvalue weighted by atomic mass is 79.9. The Morgan fingerprint density at radius 1 is 1.05 bits per heavy atom. The first-order chi connectivity index (χ1) is 10.1. The Morgan fingerprint density at radius 2 is 1.81 bits per heavy atom. The van der Waals surface area contributed by atoms with E-state index in [9.17, 15) is 0 Å². The van der Waals surface area contributed by atoms with Gasteiger partial charge in [-0.05, 0) is 41.5 Å². The van der Waals surface area contributed by atoms with Gasteiger partial charge in [-0.25, -0.2) is 4.98 Å². The van der Waals surface area contributed by atoms with Crippen molar-refractivity contribution in [2.75, 3.05) is 0 Å². The summed E-state index contributed by atoms with van der Waals surface area (Å²) >= 11 is 13.0. The smallest absolute Gasteiger partial charge is 0.110 e. The third-order valence-corrected chi connectivity index (χ3v) is 4.67. The molecular formula is C16H11Br2ClN2. The molecule has 0 aliphatic rings. The molecule has 21 heavy (non-hydrogen) atoms. The third kappa shape index (κ3) is 3.57. The number of aromatic amines is 1. The molecule has 0 radical (unpaired) electrons. The summed E-state index contributed by atoms with van der Waals surface area (Å²) in [5.74, 6) is 0.929. The molecule has 0 fully saturated rings. The van der Waals surface area contributed by atoms with Crippen molar-refractivity contribution in [1.82, 2.24) is 9.97 Å². The van der Waals surface area contributed by atoms with Crippen molar-refractivity contribution in [1.29, 1.82) is 0 Å². The number of imidazole rings is 1. The summed E-state index contributed by atoms with van der Waals surface area (Å²) in [5, 5.41) is 0.733. The lowest BCUT2D eigenvalue weighted by Crippen LogP contribution is -1.92. The molecule has 0 amide bonds. The van der Waals surface area contributed by atoms with Crippen molar-refractivity contribution in [3.63, 3.8) is 0 Å². The van der Waals surface area contributed by atoms with Gasteiger partial charge in [-0.1, -0.05) is 55.6 Å². The van der Waals surface area contributed by atoms with Gasteiger partial charge in [0.05, 0.1) is 11.9 Å². The zero-order valence-corrected chi connectivity index (χ0v) is 14.8. The van der Waals surface area contributed by atoms with Crippen molar-refractivity contribution in [2.24, 2.45) is 0 Å². The fourth-order valence-electron chi connectivity index (χ4n) is 2.09. The average molecular weight is 427 g/mol. The third-order valence-electron chi connectivity index (χ3n) is 3.15. The fraction of sp³-hybridized carbons (Fsp3) is 0.0625. The number of nitrogens with zero attached hydrogens (tertiary/aromatic N) is 1. The molecule has 0 aliphatic carbocycles. The summed E-state index contributed by atoms with van der Waals surface area (Å²) in [5.41, 5.74) is 3.25. The molecule has 0 aliphatic heterocycles. The van der Waals surface area contributed by atoms with Gasteiger partial charge in [0.2, 0.25) is 0 Å². The van der Waals surface area contributed by atoms with Crippen molar-refractivity contribution in [3.05, 3.63) is 74.0 Å². The summed E-state index contributed by atoms with van der Waals surface area (Å²) in [4.78, 5) is 7.81. The second-order valence-corrected chi connectivity index (χ2v) is 6.87. The van der Waals surface area contributed by atoms with E-state index in [1.165, 1.54) is 5.56 Å². The molecule has 1 aromatic heterocycles. The van der Waals surface area contributed by atoms with Crippen LogP contribution in [0.5, 0.6) is 0 Å². The summed E-state index contributed by atoms with van der Waals surface area (Å²) in [6.07, 6.45) is 2.60. The summed E-state index contributed by atoms with van der Waals surface area (Å²) < 4.78 is 2.14. The Bertz CT molecular complexity index is 766. The molecule has 3 rings (SSSR count). The van der Waals surface area contributed by atoms with Crippen LogP contribution in [-0.4, -0.2) is 9.97 Å². The van der Waals surface area contributed by atoms with Crippen LogP contribution in [0.15, 0.2) is 57.6 Å². The molecule has 0 unspecified atom stereocenters. The Labute approximate surface area is 144 Å². The first-order valence-corrected chi connectivity index (χ1v) is 8.32. The van der Waals surface area contributed by atoms with Crippen LogP contribution >= 0.6 is 43.5 Å². The lowest BCUT2D eigenvalue weighted by molar-refractivity contribution is 1.02.